The number of amides is 1. The van der Waals surface area contributed by atoms with E-state index in [9.17, 15) is 9.90 Å². The Labute approximate surface area is 168 Å². The molecule has 5 rings (SSSR count). The highest BCUT2D eigenvalue weighted by Gasteiger charge is 2.57. The van der Waals surface area contributed by atoms with Crippen LogP contribution in [-0.2, 0) is 11.8 Å². The third-order valence-corrected chi connectivity index (χ3v) is 8.26. The van der Waals surface area contributed by atoms with Crippen molar-refractivity contribution in [3.63, 3.8) is 0 Å². The molecule has 1 aliphatic heterocycles. The van der Waals surface area contributed by atoms with Gasteiger partial charge in [0.05, 0.1) is 15.7 Å². The smallest absolute Gasteiger partial charge is 0.254 e. The monoisotopic (exact) mass is 392 g/mol. The Balaban J connectivity index is 1.58. The van der Waals surface area contributed by atoms with Gasteiger partial charge in [0.15, 0.2) is 0 Å². The minimum atomic E-state index is -0.0870. The molecule has 1 aliphatic carbocycles. The zero-order valence-electron chi connectivity index (χ0n) is 16.4. The number of phenols is 1. The molecule has 2 heterocycles. The molecule has 5 heteroatoms. The molecule has 1 amide bonds. The lowest BCUT2D eigenvalue weighted by molar-refractivity contribution is -0.0266. The van der Waals surface area contributed by atoms with E-state index >= 15 is 0 Å². The van der Waals surface area contributed by atoms with Crippen LogP contribution in [-0.4, -0.2) is 33.5 Å². The van der Waals surface area contributed by atoms with Crippen LogP contribution in [0.3, 0.4) is 0 Å². The zero-order chi connectivity index (χ0) is 19.7. The Kier molecular flexibility index (Phi) is 3.66. The number of aromatic nitrogens is 1. The molecule has 4 nitrogen and oxygen atoms in total. The maximum absolute atomic E-state index is 13.5. The number of fused-ring (bicyclic) bond motifs is 5. The topological polar surface area (TPSA) is 53.4 Å². The van der Waals surface area contributed by atoms with Crippen molar-refractivity contribution in [1.29, 1.82) is 0 Å². The molecule has 0 radical (unpaired) electrons. The molecule has 3 aromatic rings. The van der Waals surface area contributed by atoms with E-state index in [4.69, 9.17) is 0 Å². The second-order valence-corrected chi connectivity index (χ2v) is 9.75. The first kappa shape index (κ1) is 17.7. The summed E-state index contributed by atoms with van der Waals surface area (Å²) in [7, 11) is 0. The Morgan fingerprint density at radius 2 is 2.07 bits per heavy atom. The van der Waals surface area contributed by atoms with Crippen molar-refractivity contribution >= 4 is 27.5 Å². The highest BCUT2D eigenvalue weighted by molar-refractivity contribution is 7.16. The van der Waals surface area contributed by atoms with Gasteiger partial charge < -0.3 is 10.0 Å². The molecule has 2 atom stereocenters. The lowest BCUT2D eigenvalue weighted by atomic mass is 9.51. The average Bonchev–Trinajstić information content (AvgIpc) is 3.12. The number of hydrogen-bond donors (Lipinski definition) is 1. The van der Waals surface area contributed by atoms with Crippen molar-refractivity contribution in [2.45, 2.75) is 45.1 Å². The maximum Gasteiger partial charge on any atom is 0.254 e. The van der Waals surface area contributed by atoms with Gasteiger partial charge in [-0.1, -0.05) is 32.9 Å². The first-order valence-electron chi connectivity index (χ1n) is 9.78. The Morgan fingerprint density at radius 3 is 2.89 bits per heavy atom. The molecule has 1 unspecified atom stereocenters. The normalized spacial score (nSPS) is 25.5. The highest BCUT2D eigenvalue weighted by atomic mass is 32.1. The average molecular weight is 393 g/mol. The summed E-state index contributed by atoms with van der Waals surface area (Å²) in [5.41, 5.74) is 5.56. The standard InChI is InChI=1S/C23H24N2O2S/c1-22(2)20-12-15-16(5-4-6-18(15)26)23(22,3)9-10-25(20)21(27)14-7-8-17-19(11-14)28-13-24-17/h4-8,11,13,20,26H,9-10,12H2,1-3H3/t20-,23?/m1/s1. The summed E-state index contributed by atoms with van der Waals surface area (Å²) in [4.78, 5) is 19.9. The maximum atomic E-state index is 13.5. The molecule has 144 valence electrons. The van der Waals surface area contributed by atoms with Gasteiger partial charge in [0, 0.05) is 23.6 Å². The van der Waals surface area contributed by atoms with Gasteiger partial charge in [-0.05, 0) is 53.6 Å². The summed E-state index contributed by atoms with van der Waals surface area (Å²) in [6.45, 7) is 7.58. The van der Waals surface area contributed by atoms with E-state index in [1.54, 1.807) is 17.4 Å². The van der Waals surface area contributed by atoms with E-state index in [0.29, 0.717) is 12.2 Å². The molecule has 0 spiro atoms. The second-order valence-electron chi connectivity index (χ2n) is 8.86. The first-order valence-corrected chi connectivity index (χ1v) is 10.7. The van der Waals surface area contributed by atoms with Crippen molar-refractivity contribution in [2.75, 3.05) is 6.54 Å². The molecule has 1 aromatic heterocycles. The van der Waals surface area contributed by atoms with Crippen molar-refractivity contribution in [1.82, 2.24) is 9.88 Å². The number of rotatable bonds is 1. The van der Waals surface area contributed by atoms with Crippen molar-refractivity contribution in [3.05, 3.63) is 58.6 Å². The summed E-state index contributed by atoms with van der Waals surface area (Å²) in [6, 6.07) is 11.7. The zero-order valence-corrected chi connectivity index (χ0v) is 17.2. The third kappa shape index (κ3) is 2.23. The van der Waals surface area contributed by atoms with Crippen LogP contribution in [0.4, 0.5) is 0 Å². The van der Waals surface area contributed by atoms with Crippen LogP contribution in [0.5, 0.6) is 5.75 Å². The number of thiazole rings is 1. The first-order chi connectivity index (χ1) is 13.3. The molecule has 28 heavy (non-hydrogen) atoms. The molecular formula is C23H24N2O2S. The summed E-state index contributed by atoms with van der Waals surface area (Å²) < 4.78 is 1.04. The lowest BCUT2D eigenvalue weighted by Gasteiger charge is -2.60. The van der Waals surface area contributed by atoms with Gasteiger partial charge in [0.25, 0.3) is 5.91 Å². The van der Waals surface area contributed by atoms with Crippen molar-refractivity contribution < 1.29 is 9.90 Å². The number of carbonyl (C=O) groups is 1. The molecule has 1 fully saturated rings. The predicted molar refractivity (Wildman–Crippen MR) is 112 cm³/mol. The summed E-state index contributed by atoms with van der Waals surface area (Å²) in [5, 5.41) is 10.5. The number of carbonyl (C=O) groups excluding carboxylic acids is 1. The SMILES string of the molecule is CC12CCN(C(=O)c3ccc4ncsc4c3)[C@H](Cc3c(O)cccc31)C2(C)C. The van der Waals surface area contributed by atoms with Gasteiger partial charge in [-0.2, -0.15) is 0 Å². The van der Waals surface area contributed by atoms with Crippen LogP contribution in [0, 0.1) is 5.41 Å². The minimum absolute atomic E-state index is 0.0525. The van der Waals surface area contributed by atoms with Gasteiger partial charge in [-0.15, -0.1) is 11.3 Å². The van der Waals surface area contributed by atoms with Crippen molar-refractivity contribution in [3.8, 4) is 5.75 Å². The van der Waals surface area contributed by atoms with E-state index in [2.05, 4.69) is 31.8 Å². The summed E-state index contributed by atoms with van der Waals surface area (Å²) in [5.74, 6) is 0.430. The number of likely N-dealkylation sites (tertiary alicyclic amines) is 1. The van der Waals surface area contributed by atoms with Gasteiger partial charge in [0.2, 0.25) is 0 Å². The molecule has 2 bridgehead atoms. The number of piperidine rings is 1. The van der Waals surface area contributed by atoms with Crippen LogP contribution < -0.4 is 0 Å². The molecule has 2 aromatic carbocycles. The Hall–Kier alpha value is -2.40. The fourth-order valence-electron chi connectivity index (χ4n) is 5.32. The Bertz CT molecular complexity index is 1100. The van der Waals surface area contributed by atoms with Crippen LogP contribution in [0.1, 0.15) is 48.7 Å². The molecule has 1 saturated heterocycles. The second kappa shape index (κ2) is 5.80. The Morgan fingerprint density at radius 1 is 1.25 bits per heavy atom. The minimum Gasteiger partial charge on any atom is -0.508 e. The number of phenolic OH excluding ortho intramolecular Hbond substituents is 1. The molecule has 2 aliphatic rings. The van der Waals surface area contributed by atoms with E-state index in [-0.39, 0.29) is 22.8 Å². The highest BCUT2D eigenvalue weighted by Crippen LogP contribution is 2.57. The number of aromatic hydroxyl groups is 1. The van der Waals surface area contributed by atoms with Crippen molar-refractivity contribution in [2.24, 2.45) is 5.41 Å². The molecule has 1 N–H and O–H groups in total. The molecule has 0 saturated carbocycles. The van der Waals surface area contributed by atoms with Gasteiger partial charge in [-0.3, -0.25) is 4.79 Å². The van der Waals surface area contributed by atoms with Crippen LogP contribution in [0.15, 0.2) is 41.9 Å². The quantitative estimate of drug-likeness (QED) is 0.650. The van der Waals surface area contributed by atoms with E-state index in [1.807, 2.05) is 34.7 Å². The summed E-state index contributed by atoms with van der Waals surface area (Å²) in [6.07, 6.45) is 1.58. The fraction of sp³-hybridized carbons (Fsp3) is 0.391. The largest absolute Gasteiger partial charge is 0.508 e. The number of hydrogen-bond acceptors (Lipinski definition) is 4. The van der Waals surface area contributed by atoms with Crippen LogP contribution >= 0.6 is 11.3 Å². The lowest BCUT2D eigenvalue weighted by Crippen LogP contribution is -2.64. The van der Waals surface area contributed by atoms with Gasteiger partial charge in [0.1, 0.15) is 5.75 Å². The van der Waals surface area contributed by atoms with E-state index in [1.165, 1.54) is 5.56 Å². The van der Waals surface area contributed by atoms with Gasteiger partial charge in [-0.25, -0.2) is 4.98 Å². The predicted octanol–water partition coefficient (Wildman–Crippen LogP) is 4.76. The number of benzene rings is 2. The molecular weight excluding hydrogens is 368 g/mol. The van der Waals surface area contributed by atoms with Crippen LogP contribution in [0.25, 0.3) is 10.2 Å². The fourth-order valence-corrected chi connectivity index (χ4v) is 6.04. The van der Waals surface area contributed by atoms with E-state index < -0.39 is 0 Å². The number of nitrogens with zero attached hydrogens (tertiary/aromatic N) is 2. The van der Waals surface area contributed by atoms with Crippen LogP contribution in [0.2, 0.25) is 0 Å². The summed E-state index contributed by atoms with van der Waals surface area (Å²) >= 11 is 1.56. The van der Waals surface area contributed by atoms with E-state index in [0.717, 1.165) is 34.3 Å². The third-order valence-electron chi connectivity index (χ3n) is 7.47. The van der Waals surface area contributed by atoms with Gasteiger partial charge >= 0.3 is 0 Å².